The van der Waals surface area contributed by atoms with Crippen molar-refractivity contribution in [3.8, 4) is 22.2 Å². The van der Waals surface area contributed by atoms with Crippen LogP contribution in [0, 0.1) is 0 Å². The van der Waals surface area contributed by atoms with Crippen LogP contribution in [0.5, 0.6) is 0 Å². The molecule has 6 heteroatoms. The first-order valence-electron chi connectivity index (χ1n) is 6.39. The van der Waals surface area contributed by atoms with Crippen LogP contribution in [-0.2, 0) is 6.54 Å². The number of hydrogen-bond acceptors (Lipinski definition) is 4. The zero-order valence-electron chi connectivity index (χ0n) is 10.5. The minimum Gasteiger partial charge on any atom is -0.304 e. The van der Waals surface area contributed by atoms with Crippen molar-refractivity contribution in [2.75, 3.05) is 0 Å². The van der Waals surface area contributed by atoms with E-state index in [1.165, 1.54) is 5.56 Å². The van der Waals surface area contributed by atoms with Crippen molar-refractivity contribution < 1.29 is 0 Å². The Labute approximate surface area is 114 Å². The Morgan fingerprint density at radius 3 is 3.11 bits per heavy atom. The first-order chi connectivity index (χ1) is 9.38. The van der Waals surface area contributed by atoms with Crippen molar-refractivity contribution in [1.82, 2.24) is 25.0 Å². The molecule has 96 valence electrons. The zero-order chi connectivity index (χ0) is 12.8. The number of aromatic nitrogens is 5. The molecule has 0 saturated heterocycles. The minimum atomic E-state index is 0.482. The van der Waals surface area contributed by atoms with Crippen molar-refractivity contribution in [2.24, 2.45) is 0 Å². The van der Waals surface area contributed by atoms with E-state index in [2.05, 4.69) is 43.3 Å². The van der Waals surface area contributed by atoms with Crippen LogP contribution in [0.15, 0.2) is 23.7 Å². The van der Waals surface area contributed by atoms with Gasteiger partial charge in [-0.05, 0) is 17.9 Å². The number of rotatable bonds is 2. The Morgan fingerprint density at radius 1 is 1.42 bits per heavy atom. The molecule has 1 unspecified atom stereocenters. The Hall–Kier alpha value is -1.95. The Balaban J connectivity index is 1.92. The van der Waals surface area contributed by atoms with E-state index in [4.69, 9.17) is 0 Å². The Bertz CT molecular complexity index is 696. The highest BCUT2D eigenvalue weighted by Gasteiger charge is 2.29. The van der Waals surface area contributed by atoms with Gasteiger partial charge >= 0.3 is 0 Å². The molecule has 1 aliphatic rings. The maximum absolute atomic E-state index is 4.36. The van der Waals surface area contributed by atoms with Gasteiger partial charge in [-0.25, -0.2) is 0 Å². The summed E-state index contributed by atoms with van der Waals surface area (Å²) in [6, 6.07) is 4.13. The molecule has 0 bridgehead atoms. The second-order valence-electron chi connectivity index (χ2n) is 4.74. The van der Waals surface area contributed by atoms with Gasteiger partial charge in [0.15, 0.2) is 11.6 Å². The molecule has 3 aromatic rings. The highest BCUT2D eigenvalue weighted by Crippen LogP contribution is 2.38. The third kappa shape index (κ3) is 1.49. The van der Waals surface area contributed by atoms with Crippen LogP contribution in [0.25, 0.3) is 22.2 Å². The van der Waals surface area contributed by atoms with E-state index in [1.54, 1.807) is 11.3 Å². The summed E-state index contributed by atoms with van der Waals surface area (Å²) in [6.07, 6.45) is 3.01. The number of aromatic amines is 1. The van der Waals surface area contributed by atoms with E-state index < -0.39 is 0 Å². The van der Waals surface area contributed by atoms with Gasteiger partial charge in [-0.3, -0.25) is 5.10 Å². The molecule has 0 aliphatic carbocycles. The number of H-pyrrole nitrogens is 1. The summed E-state index contributed by atoms with van der Waals surface area (Å²) < 4.78 is 2.21. The van der Waals surface area contributed by atoms with E-state index in [1.807, 2.05) is 12.3 Å². The van der Waals surface area contributed by atoms with Crippen molar-refractivity contribution in [1.29, 1.82) is 0 Å². The molecule has 4 heterocycles. The molecule has 0 radical (unpaired) electrons. The molecule has 5 nitrogen and oxygen atoms in total. The normalized spacial score (nSPS) is 17.2. The van der Waals surface area contributed by atoms with Gasteiger partial charge in [0.1, 0.15) is 5.69 Å². The van der Waals surface area contributed by atoms with Crippen molar-refractivity contribution in [3.63, 3.8) is 0 Å². The second-order valence-corrected chi connectivity index (χ2v) is 5.69. The van der Waals surface area contributed by atoms with E-state index in [0.717, 1.165) is 35.2 Å². The highest BCUT2D eigenvalue weighted by atomic mass is 32.1. The molecule has 0 aromatic carbocycles. The third-order valence-corrected chi connectivity index (χ3v) is 4.59. The number of fused-ring (bicyclic) bond motifs is 3. The summed E-state index contributed by atoms with van der Waals surface area (Å²) in [7, 11) is 0. The van der Waals surface area contributed by atoms with Gasteiger partial charge in [-0.2, -0.15) is 5.10 Å². The lowest BCUT2D eigenvalue weighted by Crippen LogP contribution is -2.16. The van der Waals surface area contributed by atoms with Crippen LogP contribution >= 0.6 is 11.3 Å². The topological polar surface area (TPSA) is 59.4 Å². The summed E-state index contributed by atoms with van der Waals surface area (Å²) in [6.45, 7) is 3.14. The van der Waals surface area contributed by atoms with Crippen molar-refractivity contribution in [2.45, 2.75) is 25.8 Å². The van der Waals surface area contributed by atoms with Gasteiger partial charge in [-0.1, -0.05) is 13.0 Å². The van der Waals surface area contributed by atoms with Gasteiger partial charge in [-0.15, -0.1) is 21.5 Å². The fourth-order valence-corrected chi connectivity index (χ4v) is 3.42. The molecule has 0 saturated carbocycles. The molecule has 0 spiro atoms. The molecule has 0 fully saturated rings. The van der Waals surface area contributed by atoms with E-state index in [-0.39, 0.29) is 0 Å². The monoisotopic (exact) mass is 271 g/mol. The Morgan fingerprint density at radius 2 is 2.32 bits per heavy atom. The van der Waals surface area contributed by atoms with Gasteiger partial charge in [0, 0.05) is 18.0 Å². The first-order valence-corrected chi connectivity index (χ1v) is 7.27. The van der Waals surface area contributed by atoms with Gasteiger partial charge in [0.25, 0.3) is 0 Å². The van der Waals surface area contributed by atoms with Crippen molar-refractivity contribution in [3.05, 3.63) is 29.3 Å². The summed E-state index contributed by atoms with van der Waals surface area (Å²) in [5.74, 6) is 2.35. The number of nitrogens with zero attached hydrogens (tertiary/aromatic N) is 4. The van der Waals surface area contributed by atoms with Crippen LogP contribution in [-0.4, -0.2) is 25.0 Å². The molecule has 1 aliphatic heterocycles. The predicted octanol–water partition coefficient (Wildman–Crippen LogP) is 2.90. The van der Waals surface area contributed by atoms with E-state index in [0.29, 0.717) is 5.92 Å². The van der Waals surface area contributed by atoms with Crippen molar-refractivity contribution >= 4 is 11.3 Å². The minimum absolute atomic E-state index is 0.482. The van der Waals surface area contributed by atoms with Crippen LogP contribution in [0.4, 0.5) is 0 Å². The lowest BCUT2D eigenvalue weighted by molar-refractivity contribution is 0.537. The lowest BCUT2D eigenvalue weighted by atomic mass is 9.94. The molecule has 19 heavy (non-hydrogen) atoms. The maximum Gasteiger partial charge on any atom is 0.182 e. The fraction of sp³-hybridized carbons (Fsp3) is 0.308. The van der Waals surface area contributed by atoms with Crippen LogP contribution in [0.3, 0.4) is 0 Å². The quantitative estimate of drug-likeness (QED) is 0.779. The summed E-state index contributed by atoms with van der Waals surface area (Å²) in [5, 5.41) is 18.0. The molecule has 1 N–H and O–H groups in total. The highest BCUT2D eigenvalue weighted by molar-refractivity contribution is 7.13. The smallest absolute Gasteiger partial charge is 0.182 e. The molecule has 4 rings (SSSR count). The summed E-state index contributed by atoms with van der Waals surface area (Å²) in [5.41, 5.74) is 2.29. The average molecular weight is 271 g/mol. The standard InChI is InChI=1S/C13H13N5S/c1-2-8-7-18-12(10-4-3-5-19-10)16-17-13(18)11-9(8)6-14-15-11/h3-6,8H,2,7H2,1H3,(H,14,15). The van der Waals surface area contributed by atoms with Crippen LogP contribution in [0.2, 0.25) is 0 Å². The molecular formula is C13H13N5S. The third-order valence-electron chi connectivity index (χ3n) is 3.72. The molecular weight excluding hydrogens is 258 g/mol. The molecule has 0 amide bonds. The van der Waals surface area contributed by atoms with Gasteiger partial charge in [0.05, 0.1) is 11.1 Å². The van der Waals surface area contributed by atoms with Gasteiger partial charge in [0.2, 0.25) is 0 Å². The van der Waals surface area contributed by atoms with E-state index in [9.17, 15) is 0 Å². The number of nitrogens with one attached hydrogen (secondary N) is 1. The average Bonchev–Trinajstić information content (AvgIpc) is 3.15. The van der Waals surface area contributed by atoms with Gasteiger partial charge < -0.3 is 4.57 Å². The lowest BCUT2D eigenvalue weighted by Gasteiger charge is -2.22. The van der Waals surface area contributed by atoms with E-state index >= 15 is 0 Å². The first kappa shape index (κ1) is 10.9. The Kier molecular flexibility index (Phi) is 2.32. The fourth-order valence-electron chi connectivity index (χ4n) is 2.70. The summed E-state index contributed by atoms with van der Waals surface area (Å²) in [4.78, 5) is 1.16. The second kappa shape index (κ2) is 4.03. The maximum atomic E-state index is 4.36. The number of thiophene rings is 1. The SMILES string of the molecule is CCC1Cn2c(-c3cccs3)nnc2-c2[nH]ncc21. The van der Waals surface area contributed by atoms with Crippen LogP contribution < -0.4 is 0 Å². The van der Waals surface area contributed by atoms with Crippen LogP contribution in [0.1, 0.15) is 24.8 Å². The molecule has 1 atom stereocenters. The zero-order valence-corrected chi connectivity index (χ0v) is 11.3. The predicted molar refractivity (Wildman–Crippen MR) is 73.9 cm³/mol. The molecule has 3 aromatic heterocycles. The largest absolute Gasteiger partial charge is 0.304 e. The number of hydrogen-bond donors (Lipinski definition) is 1. The summed E-state index contributed by atoms with van der Waals surface area (Å²) >= 11 is 1.70.